The summed E-state index contributed by atoms with van der Waals surface area (Å²) >= 11 is 1.33. The average molecular weight is 349 g/mol. The molecule has 1 amide bonds. The Labute approximate surface area is 147 Å². The number of hydrogen-bond acceptors (Lipinski definition) is 4. The number of thiophene rings is 1. The van der Waals surface area contributed by atoms with E-state index in [1.165, 1.54) is 11.3 Å². The van der Waals surface area contributed by atoms with Crippen LogP contribution in [0.25, 0.3) is 21.0 Å². The maximum absolute atomic E-state index is 12.6. The summed E-state index contributed by atoms with van der Waals surface area (Å²) < 4.78 is 2.45. The molecule has 3 heterocycles. The third-order valence-corrected chi connectivity index (χ3v) is 5.33. The summed E-state index contributed by atoms with van der Waals surface area (Å²) in [5.74, 6) is 0.241. The van der Waals surface area contributed by atoms with Crippen molar-refractivity contribution in [2.75, 3.05) is 5.32 Å². The highest BCUT2D eigenvalue weighted by atomic mass is 32.1. The van der Waals surface area contributed by atoms with Gasteiger partial charge in [-0.2, -0.15) is 0 Å². The second kappa shape index (κ2) is 5.82. The summed E-state index contributed by atoms with van der Waals surface area (Å²) in [5.41, 5.74) is 1.77. The van der Waals surface area contributed by atoms with Crippen molar-refractivity contribution in [3.8, 4) is 0 Å². The molecule has 4 aromatic rings. The number of benzene rings is 1. The number of nitrogens with zero attached hydrogens (tertiary/aromatic N) is 2. The normalized spacial score (nSPS) is 11.1. The van der Waals surface area contributed by atoms with Crippen LogP contribution >= 0.6 is 11.3 Å². The fraction of sp³-hybridized carbons (Fsp3) is 0.105. The van der Waals surface area contributed by atoms with Gasteiger partial charge in [0.2, 0.25) is 0 Å². The first-order valence-electron chi connectivity index (χ1n) is 7.80. The van der Waals surface area contributed by atoms with Gasteiger partial charge in [0.05, 0.1) is 15.8 Å². The minimum atomic E-state index is -0.259. The topological polar surface area (TPSA) is 64.0 Å². The van der Waals surface area contributed by atoms with Gasteiger partial charge in [-0.1, -0.05) is 18.2 Å². The molecule has 124 valence electrons. The van der Waals surface area contributed by atoms with Crippen LogP contribution in [0.3, 0.4) is 0 Å². The van der Waals surface area contributed by atoms with Crippen molar-refractivity contribution in [3.63, 3.8) is 0 Å². The molecule has 0 radical (unpaired) electrons. The van der Waals surface area contributed by atoms with E-state index in [4.69, 9.17) is 0 Å². The molecule has 0 bridgehead atoms. The second-order valence-corrected chi connectivity index (χ2v) is 6.96. The largest absolute Gasteiger partial charge is 0.311 e. The number of hydrogen-bond donors (Lipinski definition) is 1. The molecule has 1 N–H and O–H groups in total. The number of aryl methyl sites for hydroxylation is 2. The van der Waals surface area contributed by atoms with E-state index in [9.17, 15) is 9.59 Å². The number of anilines is 1. The Balaban J connectivity index is 1.84. The van der Waals surface area contributed by atoms with Gasteiger partial charge in [0, 0.05) is 23.3 Å². The number of para-hydroxylation sites is 1. The van der Waals surface area contributed by atoms with Gasteiger partial charge in [-0.3, -0.25) is 9.59 Å². The number of rotatable bonds is 2. The van der Waals surface area contributed by atoms with E-state index in [1.807, 2.05) is 37.3 Å². The quantitative estimate of drug-likeness (QED) is 0.600. The third kappa shape index (κ3) is 2.60. The van der Waals surface area contributed by atoms with Crippen LogP contribution in [-0.2, 0) is 7.05 Å². The lowest BCUT2D eigenvalue weighted by Crippen LogP contribution is -2.16. The van der Waals surface area contributed by atoms with E-state index < -0.39 is 0 Å². The van der Waals surface area contributed by atoms with Gasteiger partial charge in [0.25, 0.3) is 11.5 Å². The molecule has 0 fully saturated rings. The molecule has 4 rings (SSSR count). The lowest BCUT2D eigenvalue weighted by atomic mass is 10.2. The molecule has 0 aliphatic rings. The zero-order chi connectivity index (χ0) is 17.6. The fourth-order valence-corrected chi connectivity index (χ4v) is 3.97. The van der Waals surface area contributed by atoms with Crippen LogP contribution in [0.4, 0.5) is 5.82 Å². The fourth-order valence-electron chi connectivity index (χ4n) is 2.89. The molecule has 3 aromatic heterocycles. The van der Waals surface area contributed by atoms with Gasteiger partial charge in [0.15, 0.2) is 0 Å². The Bertz CT molecular complexity index is 1190. The summed E-state index contributed by atoms with van der Waals surface area (Å²) in [6.45, 7) is 1.94. The van der Waals surface area contributed by atoms with Crippen LogP contribution in [0.2, 0.25) is 0 Å². The van der Waals surface area contributed by atoms with E-state index >= 15 is 0 Å². The summed E-state index contributed by atoms with van der Waals surface area (Å²) in [7, 11) is 1.75. The zero-order valence-electron chi connectivity index (χ0n) is 13.7. The maximum Gasteiger partial charge on any atom is 0.266 e. The molecule has 6 heteroatoms. The van der Waals surface area contributed by atoms with Crippen LogP contribution in [0, 0.1) is 6.92 Å². The first-order valence-corrected chi connectivity index (χ1v) is 8.61. The first-order chi connectivity index (χ1) is 12.0. The third-order valence-electron chi connectivity index (χ3n) is 4.16. The van der Waals surface area contributed by atoms with E-state index in [0.717, 1.165) is 21.2 Å². The van der Waals surface area contributed by atoms with Crippen molar-refractivity contribution < 1.29 is 4.79 Å². The summed E-state index contributed by atoms with van der Waals surface area (Å²) in [4.78, 5) is 29.8. The van der Waals surface area contributed by atoms with E-state index in [1.54, 1.807) is 29.9 Å². The first kappa shape index (κ1) is 15.5. The molecule has 0 atom stereocenters. The number of carbonyl (C=O) groups excluding carboxylic acids is 1. The highest BCUT2D eigenvalue weighted by Gasteiger charge is 2.16. The lowest BCUT2D eigenvalue weighted by Gasteiger charge is -2.05. The minimum absolute atomic E-state index is 0.0994. The Hall–Kier alpha value is -2.99. The Morgan fingerprint density at radius 1 is 1.16 bits per heavy atom. The zero-order valence-corrected chi connectivity index (χ0v) is 14.6. The molecule has 0 saturated carbocycles. The molecule has 0 spiro atoms. The Morgan fingerprint density at radius 3 is 2.76 bits per heavy atom. The second-order valence-electron chi connectivity index (χ2n) is 5.91. The number of aromatic nitrogens is 2. The molecule has 0 aliphatic heterocycles. The maximum atomic E-state index is 12.6. The minimum Gasteiger partial charge on any atom is -0.311 e. The molecule has 0 aliphatic carbocycles. The molecular formula is C19H15N3O2S. The number of nitrogens with one attached hydrogen (secondary N) is 1. The van der Waals surface area contributed by atoms with E-state index in [2.05, 4.69) is 10.3 Å². The van der Waals surface area contributed by atoms with Crippen LogP contribution in [0.5, 0.6) is 0 Å². The SMILES string of the molecule is Cc1ccnc(NC(=O)c2cc3c(=O)n(C)c4ccccc4c3s2)c1. The van der Waals surface area contributed by atoms with Crippen molar-refractivity contribution in [1.29, 1.82) is 0 Å². The van der Waals surface area contributed by atoms with Crippen LogP contribution in [0.15, 0.2) is 53.5 Å². The average Bonchev–Trinajstić information content (AvgIpc) is 3.05. The van der Waals surface area contributed by atoms with Gasteiger partial charge in [-0.05, 0) is 36.8 Å². The molecule has 25 heavy (non-hydrogen) atoms. The highest BCUT2D eigenvalue weighted by Crippen LogP contribution is 2.30. The predicted molar refractivity (Wildman–Crippen MR) is 101 cm³/mol. The van der Waals surface area contributed by atoms with Crippen molar-refractivity contribution in [1.82, 2.24) is 9.55 Å². The monoisotopic (exact) mass is 349 g/mol. The number of carbonyl (C=O) groups is 1. The Morgan fingerprint density at radius 2 is 1.96 bits per heavy atom. The Kier molecular flexibility index (Phi) is 3.62. The van der Waals surface area contributed by atoms with Crippen LogP contribution < -0.4 is 10.9 Å². The smallest absolute Gasteiger partial charge is 0.266 e. The van der Waals surface area contributed by atoms with Crippen molar-refractivity contribution in [2.45, 2.75) is 6.92 Å². The van der Waals surface area contributed by atoms with Crippen molar-refractivity contribution >= 4 is 44.1 Å². The highest BCUT2D eigenvalue weighted by molar-refractivity contribution is 7.21. The standard InChI is InChI=1S/C19H15N3O2S/c1-11-7-8-20-16(9-11)21-18(23)15-10-13-17(25-15)12-5-3-4-6-14(12)22(2)19(13)24/h3-10H,1-2H3,(H,20,21,23). The molecule has 5 nitrogen and oxygen atoms in total. The number of fused-ring (bicyclic) bond motifs is 3. The molecule has 1 aromatic carbocycles. The van der Waals surface area contributed by atoms with E-state index in [-0.39, 0.29) is 11.5 Å². The van der Waals surface area contributed by atoms with Gasteiger partial charge in [-0.15, -0.1) is 11.3 Å². The number of amides is 1. The van der Waals surface area contributed by atoms with Gasteiger partial charge in [0.1, 0.15) is 5.82 Å². The van der Waals surface area contributed by atoms with Gasteiger partial charge in [-0.25, -0.2) is 4.98 Å². The lowest BCUT2D eigenvalue weighted by molar-refractivity contribution is 0.103. The molecule has 0 unspecified atom stereocenters. The van der Waals surface area contributed by atoms with Crippen LogP contribution in [-0.4, -0.2) is 15.5 Å². The summed E-state index contributed by atoms with van der Waals surface area (Å²) in [6, 6.07) is 13.1. The van der Waals surface area contributed by atoms with E-state index in [0.29, 0.717) is 16.1 Å². The molecular weight excluding hydrogens is 334 g/mol. The molecule has 0 saturated heterocycles. The summed E-state index contributed by atoms with van der Waals surface area (Å²) in [6.07, 6.45) is 1.65. The van der Waals surface area contributed by atoms with Crippen LogP contribution in [0.1, 0.15) is 15.2 Å². The van der Waals surface area contributed by atoms with Crippen molar-refractivity contribution in [2.24, 2.45) is 7.05 Å². The summed E-state index contributed by atoms with van der Waals surface area (Å²) in [5, 5.41) is 4.33. The van der Waals surface area contributed by atoms with Gasteiger partial charge < -0.3 is 9.88 Å². The number of pyridine rings is 2. The van der Waals surface area contributed by atoms with Crippen molar-refractivity contribution in [3.05, 3.63) is 69.5 Å². The van der Waals surface area contributed by atoms with Gasteiger partial charge >= 0.3 is 0 Å². The predicted octanol–water partition coefficient (Wildman–Crippen LogP) is 3.71.